The molecule has 0 radical (unpaired) electrons. The van der Waals surface area contributed by atoms with E-state index in [-0.39, 0.29) is 6.04 Å². The minimum absolute atomic E-state index is 0.127. The molecule has 94 valence electrons. The Kier molecular flexibility index (Phi) is 3.53. The number of nitrogen functional groups attached to an aromatic ring is 1. The fourth-order valence-corrected chi connectivity index (χ4v) is 2.50. The van der Waals surface area contributed by atoms with Crippen LogP contribution in [0.1, 0.15) is 28.9 Å². The van der Waals surface area contributed by atoms with Crippen molar-refractivity contribution in [3.63, 3.8) is 0 Å². The fraction of sp³-hybridized carbons (Fsp3) is 0.154. The average molecular weight is 261 g/mol. The van der Waals surface area contributed by atoms with Crippen molar-refractivity contribution in [2.75, 3.05) is 11.1 Å². The van der Waals surface area contributed by atoms with Gasteiger partial charge in [0.15, 0.2) is 0 Å². The number of para-hydroxylation sites is 1. The van der Waals surface area contributed by atoms with E-state index in [0.717, 1.165) is 5.69 Å². The molecule has 0 aliphatic rings. The van der Waals surface area contributed by atoms with Gasteiger partial charge in [-0.2, -0.15) is 11.3 Å². The molecule has 18 heavy (non-hydrogen) atoms. The molecule has 1 unspecified atom stereocenters. The van der Waals surface area contributed by atoms with E-state index in [2.05, 4.69) is 16.8 Å². The Labute approximate surface area is 110 Å². The lowest BCUT2D eigenvalue weighted by atomic mass is 10.1. The van der Waals surface area contributed by atoms with Gasteiger partial charge in [0.05, 0.1) is 16.9 Å². The Balaban J connectivity index is 2.24. The number of primary amides is 1. The summed E-state index contributed by atoms with van der Waals surface area (Å²) < 4.78 is 0. The summed E-state index contributed by atoms with van der Waals surface area (Å²) in [5.41, 5.74) is 13.8. The summed E-state index contributed by atoms with van der Waals surface area (Å²) in [5.74, 6) is -0.515. The summed E-state index contributed by atoms with van der Waals surface area (Å²) in [5, 5.41) is 7.38. The SMILES string of the molecule is CC(Nc1cccc(C(N)=O)c1N)c1ccsc1. The van der Waals surface area contributed by atoms with Gasteiger partial charge in [0.25, 0.3) is 5.91 Å². The zero-order valence-corrected chi connectivity index (χ0v) is 10.8. The van der Waals surface area contributed by atoms with Crippen LogP contribution < -0.4 is 16.8 Å². The number of carbonyl (C=O) groups is 1. The monoisotopic (exact) mass is 261 g/mol. The van der Waals surface area contributed by atoms with Crippen LogP contribution in [0.25, 0.3) is 0 Å². The van der Waals surface area contributed by atoms with E-state index in [4.69, 9.17) is 11.5 Å². The number of anilines is 2. The Morgan fingerprint density at radius 2 is 2.17 bits per heavy atom. The van der Waals surface area contributed by atoms with Crippen LogP contribution >= 0.6 is 11.3 Å². The molecule has 0 saturated carbocycles. The number of nitrogens with one attached hydrogen (secondary N) is 1. The highest BCUT2D eigenvalue weighted by Crippen LogP contribution is 2.27. The first-order chi connectivity index (χ1) is 8.59. The average Bonchev–Trinajstić information content (AvgIpc) is 2.85. The second-order valence-corrected chi connectivity index (χ2v) is 4.83. The second kappa shape index (κ2) is 5.10. The Bertz CT molecular complexity index is 551. The molecule has 1 atom stereocenters. The van der Waals surface area contributed by atoms with Crippen LogP contribution in [0, 0.1) is 0 Å². The number of hydrogen-bond acceptors (Lipinski definition) is 4. The third kappa shape index (κ3) is 2.46. The van der Waals surface area contributed by atoms with E-state index in [9.17, 15) is 4.79 Å². The third-order valence-electron chi connectivity index (χ3n) is 2.79. The number of nitrogens with two attached hydrogens (primary N) is 2. The van der Waals surface area contributed by atoms with Gasteiger partial charge in [0.1, 0.15) is 0 Å². The zero-order chi connectivity index (χ0) is 13.1. The number of carbonyl (C=O) groups excluding carboxylic acids is 1. The molecule has 0 aliphatic carbocycles. The van der Waals surface area contributed by atoms with Crippen molar-refractivity contribution < 1.29 is 4.79 Å². The van der Waals surface area contributed by atoms with Crippen molar-refractivity contribution in [1.82, 2.24) is 0 Å². The normalized spacial score (nSPS) is 12.1. The standard InChI is InChI=1S/C13H15N3OS/c1-8(9-5-6-18-7-9)16-11-4-2-3-10(12(11)14)13(15)17/h2-8,16H,14H2,1H3,(H2,15,17). The second-order valence-electron chi connectivity index (χ2n) is 4.05. The maximum Gasteiger partial charge on any atom is 0.250 e. The molecule has 0 fully saturated rings. The van der Waals surface area contributed by atoms with E-state index in [0.29, 0.717) is 11.3 Å². The largest absolute Gasteiger partial charge is 0.396 e. The molecule has 1 aromatic carbocycles. The molecule has 1 aromatic heterocycles. The first-order valence-electron chi connectivity index (χ1n) is 5.56. The van der Waals surface area contributed by atoms with Gasteiger partial charge in [-0.25, -0.2) is 0 Å². The molecule has 1 heterocycles. The molecular weight excluding hydrogens is 246 g/mol. The van der Waals surface area contributed by atoms with Gasteiger partial charge < -0.3 is 16.8 Å². The van der Waals surface area contributed by atoms with Crippen molar-refractivity contribution in [2.45, 2.75) is 13.0 Å². The minimum Gasteiger partial charge on any atom is -0.396 e. The maximum atomic E-state index is 11.2. The lowest BCUT2D eigenvalue weighted by Gasteiger charge is -2.17. The maximum absolute atomic E-state index is 11.2. The highest BCUT2D eigenvalue weighted by molar-refractivity contribution is 7.07. The molecule has 0 aliphatic heterocycles. The predicted molar refractivity (Wildman–Crippen MR) is 75.7 cm³/mol. The molecule has 1 amide bonds. The number of thiophene rings is 1. The summed E-state index contributed by atoms with van der Waals surface area (Å²) in [6, 6.07) is 7.40. The molecule has 0 saturated heterocycles. The summed E-state index contributed by atoms with van der Waals surface area (Å²) in [7, 11) is 0. The Morgan fingerprint density at radius 3 is 2.78 bits per heavy atom. The van der Waals surface area contributed by atoms with Gasteiger partial charge in [0, 0.05) is 6.04 Å². The first-order valence-corrected chi connectivity index (χ1v) is 6.51. The van der Waals surface area contributed by atoms with Crippen LogP contribution in [0.4, 0.5) is 11.4 Å². The molecule has 5 heteroatoms. The van der Waals surface area contributed by atoms with Gasteiger partial charge in [-0.05, 0) is 41.4 Å². The van der Waals surface area contributed by atoms with E-state index in [1.54, 1.807) is 23.5 Å². The van der Waals surface area contributed by atoms with Crippen molar-refractivity contribution in [2.24, 2.45) is 5.73 Å². The van der Waals surface area contributed by atoms with E-state index in [1.165, 1.54) is 5.56 Å². The number of amides is 1. The minimum atomic E-state index is -0.515. The number of hydrogen-bond donors (Lipinski definition) is 3. The quantitative estimate of drug-likeness (QED) is 0.740. The van der Waals surface area contributed by atoms with Crippen molar-refractivity contribution >= 4 is 28.6 Å². The lowest BCUT2D eigenvalue weighted by molar-refractivity contribution is 0.100. The summed E-state index contributed by atoms with van der Waals surface area (Å²) in [6.07, 6.45) is 0. The molecule has 2 rings (SSSR count). The van der Waals surface area contributed by atoms with Crippen molar-refractivity contribution in [3.8, 4) is 0 Å². The van der Waals surface area contributed by atoms with Gasteiger partial charge in [0.2, 0.25) is 0 Å². The van der Waals surface area contributed by atoms with Crippen LogP contribution in [0.2, 0.25) is 0 Å². The molecule has 2 aromatic rings. The summed E-state index contributed by atoms with van der Waals surface area (Å²) >= 11 is 1.65. The fourth-order valence-electron chi connectivity index (χ4n) is 1.74. The van der Waals surface area contributed by atoms with Crippen LogP contribution in [-0.4, -0.2) is 5.91 Å². The molecule has 4 nitrogen and oxygen atoms in total. The number of benzene rings is 1. The van der Waals surface area contributed by atoms with E-state index >= 15 is 0 Å². The zero-order valence-electron chi connectivity index (χ0n) is 10.0. The molecular formula is C13H15N3OS. The predicted octanol–water partition coefficient (Wildman–Crippen LogP) is 2.60. The smallest absolute Gasteiger partial charge is 0.250 e. The van der Waals surface area contributed by atoms with Gasteiger partial charge in [-0.15, -0.1) is 0 Å². The Morgan fingerprint density at radius 1 is 1.39 bits per heavy atom. The summed E-state index contributed by atoms with van der Waals surface area (Å²) in [6.45, 7) is 2.04. The Hall–Kier alpha value is -2.01. The number of rotatable bonds is 4. The van der Waals surface area contributed by atoms with Gasteiger partial charge in [-0.1, -0.05) is 6.07 Å². The van der Waals surface area contributed by atoms with Crippen LogP contribution in [0.15, 0.2) is 35.0 Å². The van der Waals surface area contributed by atoms with Crippen LogP contribution in [0.3, 0.4) is 0 Å². The molecule has 0 spiro atoms. The van der Waals surface area contributed by atoms with Crippen molar-refractivity contribution in [3.05, 3.63) is 46.2 Å². The van der Waals surface area contributed by atoms with E-state index < -0.39 is 5.91 Å². The molecule has 0 bridgehead atoms. The van der Waals surface area contributed by atoms with Gasteiger partial charge in [-0.3, -0.25) is 4.79 Å². The topological polar surface area (TPSA) is 81.1 Å². The van der Waals surface area contributed by atoms with Gasteiger partial charge >= 0.3 is 0 Å². The molecule has 5 N–H and O–H groups in total. The summed E-state index contributed by atoms with van der Waals surface area (Å²) in [4.78, 5) is 11.2. The van der Waals surface area contributed by atoms with Crippen molar-refractivity contribution in [1.29, 1.82) is 0 Å². The highest BCUT2D eigenvalue weighted by atomic mass is 32.1. The van der Waals surface area contributed by atoms with Crippen LogP contribution in [0.5, 0.6) is 0 Å². The first kappa shape index (κ1) is 12.4. The third-order valence-corrected chi connectivity index (χ3v) is 3.49. The van der Waals surface area contributed by atoms with E-state index in [1.807, 2.05) is 18.4 Å². The highest BCUT2D eigenvalue weighted by Gasteiger charge is 2.12. The lowest BCUT2D eigenvalue weighted by Crippen LogP contribution is -2.15. The van der Waals surface area contributed by atoms with Crippen LogP contribution in [-0.2, 0) is 0 Å².